The van der Waals surface area contributed by atoms with Crippen LogP contribution in [-0.2, 0) is 19.6 Å². The molecular weight excluding hydrogens is 469 g/mol. The fourth-order valence-electron chi connectivity index (χ4n) is 4.13. The van der Waals surface area contributed by atoms with Gasteiger partial charge in [0.25, 0.3) is 5.89 Å². The average molecular weight is 484 g/mol. The van der Waals surface area contributed by atoms with E-state index in [1.54, 1.807) is 17.9 Å². The molecule has 1 aliphatic heterocycles. The van der Waals surface area contributed by atoms with E-state index in [-0.39, 0.29) is 29.7 Å². The summed E-state index contributed by atoms with van der Waals surface area (Å²) < 4.78 is 53.3. The molecule has 0 unspecified atom stereocenters. The van der Waals surface area contributed by atoms with E-state index in [2.05, 4.69) is 30.2 Å². The summed E-state index contributed by atoms with van der Waals surface area (Å²) in [6.07, 6.45) is 0.399. The van der Waals surface area contributed by atoms with Crippen molar-refractivity contribution in [2.45, 2.75) is 18.6 Å². The van der Waals surface area contributed by atoms with Crippen LogP contribution >= 0.6 is 0 Å². The number of halogens is 3. The Morgan fingerprint density at radius 3 is 2.86 bits per heavy atom. The van der Waals surface area contributed by atoms with Gasteiger partial charge in [0.15, 0.2) is 11.6 Å². The molecule has 0 fully saturated rings. The number of aryl methyl sites for hydroxylation is 1. The number of aromatic nitrogens is 7. The molecule has 5 aromatic rings. The molecule has 1 atom stereocenters. The summed E-state index contributed by atoms with van der Waals surface area (Å²) in [4.78, 5) is 26.3. The predicted molar refractivity (Wildman–Crippen MR) is 111 cm³/mol. The monoisotopic (exact) mass is 484 g/mol. The van der Waals surface area contributed by atoms with Crippen LogP contribution in [0.3, 0.4) is 0 Å². The number of amides is 1. The molecular formula is C21H15F3N8O3. The van der Waals surface area contributed by atoms with Crippen molar-refractivity contribution in [2.24, 2.45) is 7.05 Å². The van der Waals surface area contributed by atoms with Crippen molar-refractivity contribution in [1.29, 1.82) is 0 Å². The molecule has 0 spiro atoms. The molecule has 0 radical (unpaired) electrons. The highest BCUT2D eigenvalue weighted by Gasteiger charge is 2.41. The van der Waals surface area contributed by atoms with Crippen molar-refractivity contribution >= 4 is 17.0 Å². The second-order valence-electron chi connectivity index (χ2n) is 7.94. The molecule has 0 saturated heterocycles. The number of fused-ring (bicyclic) bond motifs is 2. The quantitative estimate of drug-likeness (QED) is 0.413. The highest BCUT2D eigenvalue weighted by atomic mass is 19.4. The van der Waals surface area contributed by atoms with E-state index in [4.69, 9.17) is 8.83 Å². The number of carbonyl (C=O) groups excluding carboxylic acids is 1. The topological polar surface area (TPSA) is 132 Å². The van der Waals surface area contributed by atoms with Crippen LogP contribution in [0.15, 0.2) is 45.8 Å². The van der Waals surface area contributed by atoms with Crippen molar-refractivity contribution < 1.29 is 26.8 Å². The number of H-pyrrole nitrogens is 1. The molecule has 1 N–H and O–H groups in total. The van der Waals surface area contributed by atoms with Gasteiger partial charge < -0.3 is 18.7 Å². The first-order chi connectivity index (χ1) is 16.8. The van der Waals surface area contributed by atoms with Crippen LogP contribution in [-0.4, -0.2) is 52.3 Å². The Hall–Kier alpha value is -4.49. The maximum atomic E-state index is 13.5. The maximum absolute atomic E-state index is 13.5. The largest absolute Gasteiger partial charge is 0.437 e. The zero-order valence-corrected chi connectivity index (χ0v) is 17.9. The molecule has 5 heterocycles. The summed E-state index contributed by atoms with van der Waals surface area (Å²) in [5, 5.41) is 11.8. The summed E-state index contributed by atoms with van der Waals surface area (Å²) in [6.45, 7) is 0.189. The fraction of sp³-hybridized carbons (Fsp3) is 0.238. The van der Waals surface area contributed by atoms with Gasteiger partial charge in [0.1, 0.15) is 11.1 Å². The highest BCUT2D eigenvalue weighted by molar-refractivity contribution is 5.90. The van der Waals surface area contributed by atoms with Gasteiger partial charge in [-0.15, -0.1) is 10.2 Å². The van der Waals surface area contributed by atoms with E-state index in [0.29, 0.717) is 17.7 Å². The fourth-order valence-corrected chi connectivity index (χ4v) is 4.13. The SMILES string of the molecule is Cn1cc(-c2nnc(C(=O)N3CCc4[nH]cnc4[C@H]3c3nc4cccc(C(F)(F)F)c4o3)o2)cn1. The van der Waals surface area contributed by atoms with E-state index in [1.807, 2.05) is 0 Å². The number of nitrogens with zero attached hydrogens (tertiary/aromatic N) is 7. The number of oxazole rings is 1. The third kappa shape index (κ3) is 3.45. The van der Waals surface area contributed by atoms with Gasteiger partial charge in [0.2, 0.25) is 5.89 Å². The number of alkyl halides is 3. The van der Waals surface area contributed by atoms with Gasteiger partial charge in [-0.05, 0) is 12.1 Å². The Morgan fingerprint density at radius 2 is 2.09 bits per heavy atom. The third-order valence-corrected chi connectivity index (χ3v) is 5.72. The molecule has 11 nitrogen and oxygen atoms in total. The van der Waals surface area contributed by atoms with Gasteiger partial charge in [-0.3, -0.25) is 9.48 Å². The van der Waals surface area contributed by atoms with E-state index in [9.17, 15) is 18.0 Å². The first kappa shape index (κ1) is 21.1. The lowest BCUT2D eigenvalue weighted by Gasteiger charge is -2.31. The molecule has 1 amide bonds. The molecule has 0 aliphatic carbocycles. The highest BCUT2D eigenvalue weighted by Crippen LogP contribution is 2.39. The van der Waals surface area contributed by atoms with Gasteiger partial charge in [-0.1, -0.05) is 6.07 Å². The van der Waals surface area contributed by atoms with Crippen molar-refractivity contribution in [3.05, 3.63) is 65.7 Å². The lowest BCUT2D eigenvalue weighted by Crippen LogP contribution is -2.41. The smallest absolute Gasteiger partial charge is 0.420 e. The lowest BCUT2D eigenvalue weighted by molar-refractivity contribution is -0.136. The Labute approximate surface area is 193 Å². The van der Waals surface area contributed by atoms with E-state index in [0.717, 1.165) is 11.8 Å². The molecule has 4 aromatic heterocycles. The molecule has 6 rings (SSSR count). The molecule has 1 aliphatic rings. The lowest BCUT2D eigenvalue weighted by atomic mass is 10.0. The van der Waals surface area contributed by atoms with Crippen LogP contribution in [0.2, 0.25) is 0 Å². The van der Waals surface area contributed by atoms with Gasteiger partial charge in [-0.2, -0.15) is 18.3 Å². The van der Waals surface area contributed by atoms with E-state index >= 15 is 0 Å². The van der Waals surface area contributed by atoms with Crippen molar-refractivity contribution in [3.63, 3.8) is 0 Å². The molecule has 0 bridgehead atoms. The number of hydrogen-bond acceptors (Lipinski definition) is 8. The van der Waals surface area contributed by atoms with Gasteiger partial charge in [0, 0.05) is 31.9 Å². The molecule has 35 heavy (non-hydrogen) atoms. The second-order valence-corrected chi connectivity index (χ2v) is 7.94. The minimum Gasteiger partial charge on any atom is -0.437 e. The van der Waals surface area contributed by atoms with Crippen LogP contribution in [0, 0.1) is 0 Å². The predicted octanol–water partition coefficient (Wildman–Crippen LogP) is 3.14. The Balaban J connectivity index is 1.42. The van der Waals surface area contributed by atoms with Crippen molar-refractivity contribution in [1.82, 2.24) is 39.8 Å². The summed E-state index contributed by atoms with van der Waals surface area (Å²) in [5.41, 5.74) is 0.309. The molecule has 0 saturated carbocycles. The van der Waals surface area contributed by atoms with E-state index < -0.39 is 29.3 Å². The molecule has 14 heteroatoms. The van der Waals surface area contributed by atoms with Gasteiger partial charge in [-0.25, -0.2) is 9.97 Å². The van der Waals surface area contributed by atoms with Crippen molar-refractivity contribution in [3.8, 4) is 11.5 Å². The third-order valence-electron chi connectivity index (χ3n) is 5.72. The molecule has 1 aromatic carbocycles. The Kier molecular flexibility index (Phi) is 4.52. The van der Waals surface area contributed by atoms with Crippen LogP contribution in [0.25, 0.3) is 22.6 Å². The Bertz CT molecular complexity index is 1560. The number of para-hydroxylation sites is 1. The number of aromatic amines is 1. The number of rotatable bonds is 3. The number of hydrogen-bond donors (Lipinski definition) is 1. The first-order valence-corrected chi connectivity index (χ1v) is 10.4. The summed E-state index contributed by atoms with van der Waals surface area (Å²) in [5.74, 6) is -0.929. The van der Waals surface area contributed by atoms with Gasteiger partial charge in [0.05, 0.1) is 23.8 Å². The van der Waals surface area contributed by atoms with Crippen LogP contribution in [0.1, 0.15) is 39.6 Å². The zero-order chi connectivity index (χ0) is 24.3. The summed E-state index contributed by atoms with van der Waals surface area (Å²) in [6, 6.07) is 2.58. The van der Waals surface area contributed by atoms with Gasteiger partial charge >= 0.3 is 18.0 Å². The Morgan fingerprint density at radius 1 is 1.23 bits per heavy atom. The number of nitrogens with one attached hydrogen (secondary N) is 1. The van der Waals surface area contributed by atoms with Crippen LogP contribution in [0.4, 0.5) is 13.2 Å². The first-order valence-electron chi connectivity index (χ1n) is 10.4. The standard InChI is InChI=1S/C21H15F3N8O3/c1-31-8-10(7-27-31)17-29-30-19(35-17)20(33)32-6-5-12-14(26-9-25-12)15(32)18-28-13-4-2-3-11(16(13)34-18)21(22,23)24/h2-4,7-9,15H,5-6H2,1H3,(H,25,26)/t15-/m0/s1. The van der Waals surface area contributed by atoms with Crippen LogP contribution < -0.4 is 0 Å². The summed E-state index contributed by atoms with van der Waals surface area (Å²) >= 11 is 0. The minimum atomic E-state index is -4.64. The molecule has 178 valence electrons. The summed E-state index contributed by atoms with van der Waals surface area (Å²) in [7, 11) is 1.72. The number of imidazole rings is 1. The minimum absolute atomic E-state index is 0.0153. The average Bonchev–Trinajstić information content (AvgIpc) is 3.62. The number of benzene rings is 1. The number of carbonyl (C=O) groups is 1. The van der Waals surface area contributed by atoms with Crippen LogP contribution in [0.5, 0.6) is 0 Å². The maximum Gasteiger partial charge on any atom is 0.420 e. The van der Waals surface area contributed by atoms with Crippen molar-refractivity contribution in [2.75, 3.05) is 6.54 Å². The van der Waals surface area contributed by atoms with E-state index in [1.165, 1.54) is 29.6 Å². The second kappa shape index (κ2) is 7.51. The normalized spacial score (nSPS) is 16.1. The zero-order valence-electron chi connectivity index (χ0n) is 17.9.